The molecule has 3 rings (SSSR count). The third kappa shape index (κ3) is 6.16. The number of rotatable bonds is 4. The molecule has 0 aromatic heterocycles. The maximum Gasteiger partial charge on any atom is 0.408 e. The van der Waals surface area contributed by atoms with Gasteiger partial charge in [0.15, 0.2) is 0 Å². The molecule has 0 aliphatic heterocycles. The van der Waals surface area contributed by atoms with Crippen molar-refractivity contribution in [3.05, 3.63) is 69.8 Å². The molecule has 0 fully saturated rings. The Morgan fingerprint density at radius 2 is 1.84 bits per heavy atom. The van der Waals surface area contributed by atoms with Crippen molar-refractivity contribution in [1.82, 2.24) is 5.32 Å². The van der Waals surface area contributed by atoms with E-state index in [1.54, 1.807) is 0 Å². The number of ether oxygens (including phenoxy) is 1. The fourth-order valence-electron chi connectivity index (χ4n) is 4.27. The Bertz CT molecular complexity index is 1020. The van der Waals surface area contributed by atoms with Gasteiger partial charge in [0, 0.05) is 17.9 Å². The van der Waals surface area contributed by atoms with Crippen molar-refractivity contribution in [1.29, 1.82) is 0 Å². The van der Waals surface area contributed by atoms with Gasteiger partial charge in [-0.2, -0.15) is 0 Å². The zero-order valence-corrected chi connectivity index (χ0v) is 20.5. The summed E-state index contributed by atoms with van der Waals surface area (Å²) in [7, 11) is 0. The minimum Gasteiger partial charge on any atom is -0.444 e. The molecule has 1 aliphatic rings. The zero-order chi connectivity index (χ0) is 23.3. The van der Waals surface area contributed by atoms with Crippen LogP contribution in [0.15, 0.2) is 36.4 Å². The molecule has 3 nitrogen and oxygen atoms in total. The molecule has 0 saturated heterocycles. The summed E-state index contributed by atoms with van der Waals surface area (Å²) < 4.78 is 5.54. The summed E-state index contributed by atoms with van der Waals surface area (Å²) >= 11 is 0. The van der Waals surface area contributed by atoms with Crippen molar-refractivity contribution in [3.8, 4) is 11.8 Å². The van der Waals surface area contributed by atoms with Crippen LogP contribution in [0.4, 0.5) is 4.79 Å². The second-order valence-corrected chi connectivity index (χ2v) is 9.92. The molecule has 0 heterocycles. The number of nitrogens with one attached hydrogen (secondary N) is 1. The van der Waals surface area contributed by atoms with E-state index < -0.39 is 5.60 Å². The molecular weight excluding hydrogens is 394 g/mol. The molecule has 0 saturated carbocycles. The van der Waals surface area contributed by atoms with Gasteiger partial charge >= 0.3 is 6.09 Å². The SMILES string of the molecule is CCCCC#Cc1ccc2c(c1)C(NC(=O)OC(C)(C)C)CCC2c1ccc(C)c(C)c1. The van der Waals surface area contributed by atoms with Gasteiger partial charge in [-0.1, -0.05) is 49.5 Å². The Morgan fingerprint density at radius 3 is 2.53 bits per heavy atom. The van der Waals surface area contributed by atoms with Crippen LogP contribution in [0, 0.1) is 25.7 Å². The summed E-state index contributed by atoms with van der Waals surface area (Å²) in [6.07, 6.45) is 4.68. The highest BCUT2D eigenvalue weighted by molar-refractivity contribution is 5.69. The molecule has 32 heavy (non-hydrogen) atoms. The van der Waals surface area contributed by atoms with Crippen LogP contribution in [0.25, 0.3) is 0 Å². The van der Waals surface area contributed by atoms with Gasteiger partial charge in [0.1, 0.15) is 5.60 Å². The highest BCUT2D eigenvalue weighted by Gasteiger charge is 2.30. The summed E-state index contributed by atoms with van der Waals surface area (Å²) in [4.78, 5) is 12.5. The highest BCUT2D eigenvalue weighted by Crippen LogP contribution is 2.42. The number of hydrogen-bond acceptors (Lipinski definition) is 2. The Kier molecular flexibility index (Phi) is 7.67. The predicted molar refractivity (Wildman–Crippen MR) is 132 cm³/mol. The first-order chi connectivity index (χ1) is 15.2. The highest BCUT2D eigenvalue weighted by atomic mass is 16.6. The molecule has 2 aromatic rings. The van der Waals surface area contributed by atoms with Gasteiger partial charge in [0.25, 0.3) is 0 Å². The molecule has 0 bridgehead atoms. The van der Waals surface area contributed by atoms with Crippen LogP contribution in [0.2, 0.25) is 0 Å². The molecule has 1 N–H and O–H groups in total. The van der Waals surface area contributed by atoms with Gasteiger partial charge in [0.05, 0.1) is 6.04 Å². The normalized spacial score (nSPS) is 17.7. The largest absolute Gasteiger partial charge is 0.444 e. The Balaban J connectivity index is 1.95. The van der Waals surface area contributed by atoms with E-state index in [9.17, 15) is 4.79 Å². The third-order valence-electron chi connectivity index (χ3n) is 6.09. The van der Waals surface area contributed by atoms with Crippen molar-refractivity contribution in [2.45, 2.75) is 91.2 Å². The van der Waals surface area contributed by atoms with E-state index in [-0.39, 0.29) is 12.1 Å². The summed E-state index contributed by atoms with van der Waals surface area (Å²) in [5.41, 5.74) is 6.90. The molecule has 0 radical (unpaired) electrons. The number of carbonyl (C=O) groups is 1. The average Bonchev–Trinajstić information content (AvgIpc) is 2.72. The van der Waals surface area contributed by atoms with Crippen LogP contribution in [0.1, 0.15) is 105 Å². The fourth-order valence-corrected chi connectivity index (χ4v) is 4.27. The van der Waals surface area contributed by atoms with Crippen molar-refractivity contribution < 1.29 is 9.53 Å². The van der Waals surface area contributed by atoms with E-state index >= 15 is 0 Å². The van der Waals surface area contributed by atoms with Crippen LogP contribution in [-0.4, -0.2) is 11.7 Å². The number of alkyl carbamates (subject to hydrolysis) is 1. The number of fused-ring (bicyclic) bond motifs is 1. The molecule has 2 unspecified atom stereocenters. The van der Waals surface area contributed by atoms with Gasteiger partial charge in [-0.05, 0) is 93.8 Å². The lowest BCUT2D eigenvalue weighted by atomic mass is 9.76. The molecule has 3 heteroatoms. The van der Waals surface area contributed by atoms with E-state index in [1.165, 1.54) is 22.3 Å². The topological polar surface area (TPSA) is 38.3 Å². The molecule has 170 valence electrons. The Morgan fingerprint density at radius 1 is 1.06 bits per heavy atom. The van der Waals surface area contributed by atoms with E-state index in [2.05, 4.69) is 74.3 Å². The van der Waals surface area contributed by atoms with Crippen molar-refractivity contribution in [2.24, 2.45) is 0 Å². The summed E-state index contributed by atoms with van der Waals surface area (Å²) in [5.74, 6) is 6.93. The van der Waals surface area contributed by atoms with Crippen LogP contribution < -0.4 is 5.32 Å². The summed E-state index contributed by atoms with van der Waals surface area (Å²) in [6.45, 7) is 12.2. The number of benzene rings is 2. The van der Waals surface area contributed by atoms with Crippen LogP contribution >= 0.6 is 0 Å². The standard InChI is InChI=1S/C29H37NO2/c1-7-8-9-10-11-22-13-15-25-24(23-14-12-20(2)21(3)18-23)16-17-27(26(25)19-22)30-28(31)32-29(4,5)6/h12-15,18-19,24,27H,7-9,16-17H2,1-6H3,(H,30,31). The molecule has 0 spiro atoms. The van der Waals surface area contributed by atoms with E-state index in [4.69, 9.17) is 4.74 Å². The number of unbranched alkanes of at least 4 members (excludes halogenated alkanes) is 2. The van der Waals surface area contributed by atoms with Gasteiger partial charge in [-0.3, -0.25) is 0 Å². The smallest absolute Gasteiger partial charge is 0.408 e. The van der Waals surface area contributed by atoms with Crippen LogP contribution in [-0.2, 0) is 4.74 Å². The van der Waals surface area contributed by atoms with E-state index in [0.717, 1.165) is 43.2 Å². The Hall–Kier alpha value is -2.73. The third-order valence-corrected chi connectivity index (χ3v) is 6.09. The fraction of sp³-hybridized carbons (Fsp3) is 0.483. The van der Waals surface area contributed by atoms with Gasteiger partial charge in [-0.15, -0.1) is 0 Å². The first-order valence-corrected chi connectivity index (χ1v) is 11.9. The predicted octanol–water partition coefficient (Wildman–Crippen LogP) is 7.34. The zero-order valence-electron chi connectivity index (χ0n) is 20.5. The maximum atomic E-state index is 12.5. The first-order valence-electron chi connectivity index (χ1n) is 11.9. The lowest BCUT2D eigenvalue weighted by Gasteiger charge is -2.33. The molecular formula is C29H37NO2. The first kappa shape index (κ1) is 23.9. The van der Waals surface area contributed by atoms with Gasteiger partial charge in [-0.25, -0.2) is 4.79 Å². The molecule has 1 aliphatic carbocycles. The second-order valence-electron chi connectivity index (χ2n) is 9.92. The molecule has 2 aromatic carbocycles. The number of amides is 1. The van der Waals surface area contributed by atoms with E-state index in [0.29, 0.717) is 5.92 Å². The molecule has 2 atom stereocenters. The Labute approximate surface area is 194 Å². The lowest BCUT2D eigenvalue weighted by molar-refractivity contribution is 0.0498. The van der Waals surface area contributed by atoms with Crippen molar-refractivity contribution >= 4 is 6.09 Å². The number of aryl methyl sites for hydroxylation is 2. The number of carbonyl (C=O) groups excluding carboxylic acids is 1. The average molecular weight is 432 g/mol. The van der Waals surface area contributed by atoms with Crippen molar-refractivity contribution in [3.63, 3.8) is 0 Å². The quantitative estimate of drug-likeness (QED) is 0.406. The molecule has 1 amide bonds. The maximum absolute atomic E-state index is 12.5. The van der Waals surface area contributed by atoms with E-state index in [1.807, 2.05) is 20.8 Å². The van der Waals surface area contributed by atoms with Gasteiger partial charge in [0.2, 0.25) is 0 Å². The second kappa shape index (κ2) is 10.3. The van der Waals surface area contributed by atoms with Crippen LogP contribution in [0.5, 0.6) is 0 Å². The summed E-state index contributed by atoms with van der Waals surface area (Å²) in [6, 6.07) is 13.2. The number of hydrogen-bond donors (Lipinski definition) is 1. The van der Waals surface area contributed by atoms with Gasteiger partial charge < -0.3 is 10.1 Å². The summed E-state index contributed by atoms with van der Waals surface area (Å²) in [5, 5.41) is 3.12. The van der Waals surface area contributed by atoms with Crippen molar-refractivity contribution in [2.75, 3.05) is 0 Å². The minimum absolute atomic E-state index is 0.0694. The van der Waals surface area contributed by atoms with Crippen LogP contribution in [0.3, 0.4) is 0 Å². The minimum atomic E-state index is -0.518. The monoisotopic (exact) mass is 431 g/mol. The lowest BCUT2D eigenvalue weighted by Crippen LogP contribution is -2.36.